The van der Waals surface area contributed by atoms with E-state index in [0.717, 1.165) is 16.7 Å². The molecule has 2 aromatic carbocycles. The minimum Gasteiger partial charge on any atom is -0.495 e. The quantitative estimate of drug-likeness (QED) is 0.901. The highest BCUT2D eigenvalue weighted by Crippen LogP contribution is 2.30. The normalized spacial score (nSPS) is 10.3. The zero-order valence-corrected chi connectivity index (χ0v) is 10.4. The molecule has 0 fully saturated rings. The van der Waals surface area contributed by atoms with Crippen molar-refractivity contribution in [3.05, 3.63) is 53.1 Å². The average Bonchev–Trinajstić information content (AvgIpc) is 2.39. The maximum absolute atomic E-state index is 6.00. The van der Waals surface area contributed by atoms with Crippen LogP contribution in [0, 0.1) is 0 Å². The molecular formula is C14H14ClNO. The van der Waals surface area contributed by atoms with Gasteiger partial charge >= 0.3 is 0 Å². The molecule has 3 heteroatoms. The first-order valence-corrected chi connectivity index (χ1v) is 5.75. The topological polar surface area (TPSA) is 35.2 Å². The van der Waals surface area contributed by atoms with Gasteiger partial charge in [-0.3, -0.25) is 0 Å². The summed E-state index contributed by atoms with van der Waals surface area (Å²) >= 11 is 6.00. The van der Waals surface area contributed by atoms with Crippen LogP contribution < -0.4 is 10.5 Å². The third kappa shape index (κ3) is 2.60. The highest BCUT2D eigenvalue weighted by molar-refractivity contribution is 6.32. The highest BCUT2D eigenvalue weighted by atomic mass is 35.5. The molecule has 17 heavy (non-hydrogen) atoms. The van der Waals surface area contributed by atoms with Crippen LogP contribution in [0.25, 0.3) is 11.1 Å². The number of hydrogen-bond donors (Lipinski definition) is 1. The summed E-state index contributed by atoms with van der Waals surface area (Å²) < 4.78 is 5.21. The molecule has 0 aliphatic carbocycles. The summed E-state index contributed by atoms with van der Waals surface area (Å²) in [4.78, 5) is 0. The molecule has 0 aromatic heterocycles. The van der Waals surface area contributed by atoms with Crippen LogP contribution in [0.1, 0.15) is 5.56 Å². The Morgan fingerprint density at radius 2 is 1.88 bits per heavy atom. The lowest BCUT2D eigenvalue weighted by Crippen LogP contribution is -1.95. The summed E-state index contributed by atoms with van der Waals surface area (Å²) in [6, 6.07) is 13.9. The third-order valence-electron chi connectivity index (χ3n) is 2.65. The molecule has 0 aliphatic rings. The van der Waals surface area contributed by atoms with Gasteiger partial charge in [-0.1, -0.05) is 35.9 Å². The van der Waals surface area contributed by atoms with Crippen LogP contribution in [0.15, 0.2) is 42.5 Å². The second-order valence-corrected chi connectivity index (χ2v) is 4.16. The maximum Gasteiger partial charge on any atom is 0.138 e. The van der Waals surface area contributed by atoms with Crippen LogP contribution in [-0.2, 0) is 6.54 Å². The number of rotatable bonds is 3. The van der Waals surface area contributed by atoms with Crippen molar-refractivity contribution in [1.29, 1.82) is 0 Å². The smallest absolute Gasteiger partial charge is 0.138 e. The molecule has 0 atom stereocenters. The Labute approximate surface area is 106 Å². The predicted molar refractivity (Wildman–Crippen MR) is 71.3 cm³/mol. The standard InChI is InChI=1S/C14H14ClNO/c1-17-14-8-12(5-6-13(14)15)11-4-2-3-10(7-11)9-16/h2-8H,9,16H2,1H3. The molecule has 2 aromatic rings. The zero-order chi connectivity index (χ0) is 12.3. The molecule has 0 amide bonds. The minimum absolute atomic E-state index is 0.540. The van der Waals surface area contributed by atoms with Gasteiger partial charge < -0.3 is 10.5 Å². The molecule has 0 saturated heterocycles. The van der Waals surface area contributed by atoms with E-state index in [4.69, 9.17) is 22.1 Å². The Morgan fingerprint density at radius 1 is 1.12 bits per heavy atom. The van der Waals surface area contributed by atoms with E-state index in [0.29, 0.717) is 17.3 Å². The van der Waals surface area contributed by atoms with E-state index >= 15 is 0 Å². The molecule has 2 nitrogen and oxygen atoms in total. The monoisotopic (exact) mass is 247 g/mol. The summed E-state index contributed by atoms with van der Waals surface area (Å²) in [6.45, 7) is 0.540. The van der Waals surface area contributed by atoms with Crippen LogP contribution in [0.3, 0.4) is 0 Å². The van der Waals surface area contributed by atoms with Crippen molar-refractivity contribution in [2.75, 3.05) is 7.11 Å². The maximum atomic E-state index is 6.00. The van der Waals surface area contributed by atoms with Gasteiger partial charge in [-0.15, -0.1) is 0 Å². The Bertz CT molecular complexity index is 525. The predicted octanol–water partition coefficient (Wildman–Crippen LogP) is 3.47. The summed E-state index contributed by atoms with van der Waals surface area (Å²) in [6.07, 6.45) is 0. The van der Waals surface area contributed by atoms with Gasteiger partial charge in [0.2, 0.25) is 0 Å². The summed E-state index contributed by atoms with van der Waals surface area (Å²) in [5.74, 6) is 0.683. The van der Waals surface area contributed by atoms with Crippen LogP contribution in [0.2, 0.25) is 5.02 Å². The summed E-state index contributed by atoms with van der Waals surface area (Å²) in [5.41, 5.74) is 8.92. The van der Waals surface area contributed by atoms with E-state index in [-0.39, 0.29) is 0 Å². The van der Waals surface area contributed by atoms with Crippen LogP contribution in [-0.4, -0.2) is 7.11 Å². The van der Waals surface area contributed by atoms with E-state index in [2.05, 4.69) is 6.07 Å². The van der Waals surface area contributed by atoms with Crippen LogP contribution in [0.4, 0.5) is 0 Å². The zero-order valence-electron chi connectivity index (χ0n) is 9.61. The Balaban J connectivity index is 2.45. The van der Waals surface area contributed by atoms with E-state index < -0.39 is 0 Å². The molecule has 0 spiro atoms. The van der Waals surface area contributed by atoms with Crippen molar-refractivity contribution < 1.29 is 4.74 Å². The number of benzene rings is 2. The Morgan fingerprint density at radius 3 is 2.59 bits per heavy atom. The number of ether oxygens (including phenoxy) is 1. The molecule has 0 radical (unpaired) electrons. The third-order valence-corrected chi connectivity index (χ3v) is 2.96. The fourth-order valence-corrected chi connectivity index (χ4v) is 1.91. The van der Waals surface area contributed by atoms with Gasteiger partial charge in [-0.25, -0.2) is 0 Å². The number of hydrogen-bond acceptors (Lipinski definition) is 2. The lowest BCUT2D eigenvalue weighted by atomic mass is 10.0. The molecule has 0 saturated carbocycles. The van der Waals surface area contributed by atoms with E-state index in [9.17, 15) is 0 Å². The highest BCUT2D eigenvalue weighted by Gasteiger charge is 2.04. The Hall–Kier alpha value is -1.51. The second kappa shape index (κ2) is 5.21. The van der Waals surface area contributed by atoms with Crippen molar-refractivity contribution >= 4 is 11.6 Å². The summed E-state index contributed by atoms with van der Waals surface area (Å²) in [7, 11) is 1.61. The molecule has 2 N–H and O–H groups in total. The number of methoxy groups -OCH3 is 1. The second-order valence-electron chi connectivity index (χ2n) is 3.75. The SMILES string of the molecule is COc1cc(-c2cccc(CN)c2)ccc1Cl. The van der Waals surface area contributed by atoms with Gasteiger partial charge in [-0.05, 0) is 34.9 Å². The number of nitrogens with two attached hydrogens (primary N) is 1. The first-order valence-electron chi connectivity index (χ1n) is 5.37. The lowest BCUT2D eigenvalue weighted by Gasteiger charge is -2.07. The minimum atomic E-state index is 0.540. The fraction of sp³-hybridized carbons (Fsp3) is 0.143. The van der Waals surface area contributed by atoms with Crippen molar-refractivity contribution in [3.8, 4) is 16.9 Å². The molecule has 2 rings (SSSR count). The van der Waals surface area contributed by atoms with E-state index in [1.807, 2.05) is 36.4 Å². The van der Waals surface area contributed by atoms with Crippen molar-refractivity contribution in [3.63, 3.8) is 0 Å². The van der Waals surface area contributed by atoms with Gasteiger partial charge in [0.25, 0.3) is 0 Å². The fourth-order valence-electron chi connectivity index (χ4n) is 1.72. The molecule has 0 bridgehead atoms. The van der Waals surface area contributed by atoms with Gasteiger partial charge in [-0.2, -0.15) is 0 Å². The van der Waals surface area contributed by atoms with Gasteiger partial charge in [0.15, 0.2) is 0 Å². The Kier molecular flexibility index (Phi) is 3.67. The first kappa shape index (κ1) is 12.0. The van der Waals surface area contributed by atoms with Crippen molar-refractivity contribution in [2.45, 2.75) is 6.54 Å². The molecule has 0 aliphatic heterocycles. The van der Waals surface area contributed by atoms with Crippen LogP contribution in [0.5, 0.6) is 5.75 Å². The largest absolute Gasteiger partial charge is 0.495 e. The molecular weight excluding hydrogens is 234 g/mol. The van der Waals surface area contributed by atoms with Gasteiger partial charge in [0, 0.05) is 6.54 Å². The first-order chi connectivity index (χ1) is 8.24. The van der Waals surface area contributed by atoms with Crippen molar-refractivity contribution in [2.24, 2.45) is 5.73 Å². The van der Waals surface area contributed by atoms with Crippen LogP contribution >= 0.6 is 11.6 Å². The van der Waals surface area contributed by atoms with E-state index in [1.54, 1.807) is 7.11 Å². The molecule has 0 unspecified atom stereocenters. The molecule has 88 valence electrons. The summed E-state index contributed by atoms with van der Waals surface area (Å²) in [5, 5.41) is 0.617. The number of halogens is 1. The lowest BCUT2D eigenvalue weighted by molar-refractivity contribution is 0.415. The molecule has 0 heterocycles. The van der Waals surface area contributed by atoms with E-state index in [1.165, 1.54) is 0 Å². The van der Waals surface area contributed by atoms with Crippen molar-refractivity contribution in [1.82, 2.24) is 0 Å². The average molecular weight is 248 g/mol. The van der Waals surface area contributed by atoms with Gasteiger partial charge in [0.1, 0.15) is 5.75 Å². The van der Waals surface area contributed by atoms with Gasteiger partial charge in [0.05, 0.1) is 12.1 Å².